The van der Waals surface area contributed by atoms with Crippen LogP contribution in [0.2, 0.25) is 0 Å². The fourth-order valence-electron chi connectivity index (χ4n) is 2.60. The number of nitrogens with one attached hydrogen (secondary N) is 1. The van der Waals surface area contributed by atoms with E-state index in [2.05, 4.69) is 5.32 Å². The third-order valence-electron chi connectivity index (χ3n) is 3.58. The highest BCUT2D eigenvalue weighted by Crippen LogP contribution is 2.28. The first-order valence-corrected chi connectivity index (χ1v) is 7.95. The van der Waals surface area contributed by atoms with Crippen LogP contribution in [0, 0.1) is 5.92 Å². The van der Waals surface area contributed by atoms with Crippen LogP contribution in [0.4, 0.5) is 5.69 Å². The molecule has 0 unspecified atom stereocenters. The average molecular weight is 263 g/mol. The molecule has 0 aliphatic heterocycles. The molecule has 98 valence electrons. The highest BCUT2D eigenvalue weighted by molar-refractivity contribution is 7.98. The first kappa shape index (κ1) is 13.5. The van der Waals surface area contributed by atoms with Gasteiger partial charge in [0.1, 0.15) is 0 Å². The Labute approximate surface area is 114 Å². The predicted molar refractivity (Wildman–Crippen MR) is 78.0 cm³/mol. The molecule has 1 amide bonds. The van der Waals surface area contributed by atoms with Gasteiger partial charge in [-0.3, -0.25) is 4.79 Å². The summed E-state index contributed by atoms with van der Waals surface area (Å²) in [5.74, 6) is 0.767. The summed E-state index contributed by atoms with van der Waals surface area (Å²) >= 11 is 1.67. The fraction of sp³-hybridized carbons (Fsp3) is 0.533. The maximum Gasteiger partial charge on any atom is 0.224 e. The van der Waals surface area contributed by atoms with Gasteiger partial charge in [-0.15, -0.1) is 11.8 Å². The molecule has 1 aromatic rings. The van der Waals surface area contributed by atoms with Crippen LogP contribution in [-0.4, -0.2) is 12.2 Å². The molecule has 2 rings (SSSR count). The van der Waals surface area contributed by atoms with Gasteiger partial charge in [-0.05, 0) is 37.1 Å². The molecule has 0 bridgehead atoms. The normalized spacial score (nSPS) is 16.5. The van der Waals surface area contributed by atoms with Crippen molar-refractivity contribution in [3.05, 3.63) is 24.3 Å². The topological polar surface area (TPSA) is 29.1 Å². The molecule has 1 aromatic carbocycles. The van der Waals surface area contributed by atoms with Gasteiger partial charge in [0.25, 0.3) is 0 Å². The number of anilines is 1. The van der Waals surface area contributed by atoms with Crippen LogP contribution in [0.15, 0.2) is 29.2 Å². The van der Waals surface area contributed by atoms with Gasteiger partial charge in [-0.25, -0.2) is 0 Å². The van der Waals surface area contributed by atoms with E-state index in [1.165, 1.54) is 32.1 Å². The van der Waals surface area contributed by atoms with E-state index in [0.29, 0.717) is 12.3 Å². The SMILES string of the molecule is CSc1ccccc1NC(=O)CC1CCCCC1. The number of amides is 1. The van der Waals surface area contributed by atoms with E-state index in [1.807, 2.05) is 30.5 Å². The fourth-order valence-corrected chi connectivity index (χ4v) is 3.16. The lowest BCUT2D eigenvalue weighted by Crippen LogP contribution is -2.18. The Morgan fingerprint density at radius 2 is 2.00 bits per heavy atom. The van der Waals surface area contributed by atoms with E-state index in [4.69, 9.17) is 0 Å². The Bertz CT molecular complexity index is 399. The molecule has 0 aromatic heterocycles. The van der Waals surface area contributed by atoms with Crippen molar-refractivity contribution in [2.45, 2.75) is 43.4 Å². The van der Waals surface area contributed by atoms with E-state index in [1.54, 1.807) is 11.8 Å². The van der Waals surface area contributed by atoms with Crippen molar-refractivity contribution in [1.29, 1.82) is 0 Å². The van der Waals surface area contributed by atoms with E-state index < -0.39 is 0 Å². The summed E-state index contributed by atoms with van der Waals surface area (Å²) in [6.45, 7) is 0. The number of hydrogen-bond donors (Lipinski definition) is 1. The third kappa shape index (κ3) is 3.77. The zero-order valence-corrected chi connectivity index (χ0v) is 11.8. The van der Waals surface area contributed by atoms with E-state index in [9.17, 15) is 4.79 Å². The Morgan fingerprint density at radius 3 is 2.72 bits per heavy atom. The summed E-state index contributed by atoms with van der Waals surface area (Å²) in [5, 5.41) is 3.05. The van der Waals surface area contributed by atoms with Crippen molar-refractivity contribution < 1.29 is 4.79 Å². The van der Waals surface area contributed by atoms with Gasteiger partial charge in [0.2, 0.25) is 5.91 Å². The Hall–Kier alpha value is -0.960. The molecule has 0 radical (unpaired) electrons. The van der Waals surface area contributed by atoms with Crippen LogP contribution < -0.4 is 5.32 Å². The Balaban J connectivity index is 1.90. The van der Waals surface area contributed by atoms with Crippen LogP contribution in [0.1, 0.15) is 38.5 Å². The van der Waals surface area contributed by atoms with Crippen molar-refractivity contribution in [3.8, 4) is 0 Å². The molecule has 1 aliphatic carbocycles. The first-order chi connectivity index (χ1) is 8.79. The molecular formula is C15H21NOS. The number of thioether (sulfide) groups is 1. The molecule has 1 aliphatic rings. The largest absolute Gasteiger partial charge is 0.325 e. The molecule has 2 nitrogen and oxygen atoms in total. The van der Waals surface area contributed by atoms with Gasteiger partial charge in [-0.2, -0.15) is 0 Å². The predicted octanol–water partition coefficient (Wildman–Crippen LogP) is 4.32. The molecule has 18 heavy (non-hydrogen) atoms. The van der Waals surface area contributed by atoms with Gasteiger partial charge in [0.15, 0.2) is 0 Å². The van der Waals surface area contributed by atoms with Gasteiger partial charge in [0, 0.05) is 11.3 Å². The summed E-state index contributed by atoms with van der Waals surface area (Å²) < 4.78 is 0. The molecule has 3 heteroatoms. The highest BCUT2D eigenvalue weighted by atomic mass is 32.2. The lowest BCUT2D eigenvalue weighted by molar-refractivity contribution is -0.117. The van der Waals surface area contributed by atoms with Crippen molar-refractivity contribution in [3.63, 3.8) is 0 Å². The highest BCUT2D eigenvalue weighted by Gasteiger charge is 2.17. The van der Waals surface area contributed by atoms with E-state index in [0.717, 1.165) is 10.6 Å². The number of rotatable bonds is 4. The third-order valence-corrected chi connectivity index (χ3v) is 4.38. The maximum absolute atomic E-state index is 12.0. The van der Waals surface area contributed by atoms with Crippen molar-refractivity contribution in [1.82, 2.24) is 0 Å². The standard InChI is InChI=1S/C15H21NOS/c1-18-14-10-6-5-9-13(14)16-15(17)11-12-7-3-2-4-8-12/h5-6,9-10,12H,2-4,7-8,11H2,1H3,(H,16,17). The van der Waals surface area contributed by atoms with Crippen LogP contribution in [0.25, 0.3) is 0 Å². The number of para-hydroxylation sites is 1. The summed E-state index contributed by atoms with van der Waals surface area (Å²) in [5.41, 5.74) is 0.950. The summed E-state index contributed by atoms with van der Waals surface area (Å²) in [4.78, 5) is 13.2. The number of hydrogen-bond acceptors (Lipinski definition) is 2. The van der Waals surface area contributed by atoms with Gasteiger partial charge in [0.05, 0.1) is 5.69 Å². The average Bonchev–Trinajstić information content (AvgIpc) is 2.40. The van der Waals surface area contributed by atoms with Crippen molar-refractivity contribution in [2.24, 2.45) is 5.92 Å². The van der Waals surface area contributed by atoms with E-state index in [-0.39, 0.29) is 5.91 Å². The van der Waals surface area contributed by atoms with Crippen molar-refractivity contribution >= 4 is 23.4 Å². The number of carbonyl (C=O) groups is 1. The second kappa shape index (κ2) is 6.83. The second-order valence-corrected chi connectivity index (χ2v) is 5.80. The molecule has 1 N–H and O–H groups in total. The number of carbonyl (C=O) groups excluding carboxylic acids is 1. The molecule has 0 atom stereocenters. The van der Waals surface area contributed by atoms with Crippen LogP contribution in [0.3, 0.4) is 0 Å². The summed E-state index contributed by atoms with van der Waals surface area (Å²) in [6, 6.07) is 7.99. The van der Waals surface area contributed by atoms with Gasteiger partial charge in [-0.1, -0.05) is 31.4 Å². The molecule has 1 fully saturated rings. The minimum atomic E-state index is 0.170. The first-order valence-electron chi connectivity index (χ1n) is 6.72. The Morgan fingerprint density at radius 1 is 1.28 bits per heavy atom. The van der Waals surface area contributed by atoms with Crippen LogP contribution >= 0.6 is 11.8 Å². The minimum absolute atomic E-state index is 0.170. The molecule has 0 heterocycles. The second-order valence-electron chi connectivity index (χ2n) is 4.96. The minimum Gasteiger partial charge on any atom is -0.325 e. The lowest BCUT2D eigenvalue weighted by atomic mass is 9.87. The summed E-state index contributed by atoms with van der Waals surface area (Å²) in [6.07, 6.45) is 9.08. The molecule has 0 spiro atoms. The summed E-state index contributed by atoms with van der Waals surface area (Å²) in [7, 11) is 0. The molecular weight excluding hydrogens is 242 g/mol. The van der Waals surface area contributed by atoms with Crippen molar-refractivity contribution in [2.75, 3.05) is 11.6 Å². The lowest BCUT2D eigenvalue weighted by Gasteiger charge is -2.21. The molecule has 0 saturated heterocycles. The van der Waals surface area contributed by atoms with E-state index >= 15 is 0 Å². The zero-order valence-electron chi connectivity index (χ0n) is 10.9. The molecule has 1 saturated carbocycles. The van der Waals surface area contributed by atoms with Crippen LogP contribution in [-0.2, 0) is 4.79 Å². The maximum atomic E-state index is 12.0. The number of benzene rings is 1. The smallest absolute Gasteiger partial charge is 0.224 e. The van der Waals surface area contributed by atoms with Gasteiger partial charge < -0.3 is 5.32 Å². The monoisotopic (exact) mass is 263 g/mol. The Kier molecular flexibility index (Phi) is 5.12. The zero-order chi connectivity index (χ0) is 12.8. The van der Waals surface area contributed by atoms with Gasteiger partial charge >= 0.3 is 0 Å². The quantitative estimate of drug-likeness (QED) is 0.820. The van der Waals surface area contributed by atoms with Crippen LogP contribution in [0.5, 0.6) is 0 Å².